The largest absolute Gasteiger partial charge is 0.435 e. The Balaban J connectivity index is 1.31. The van der Waals surface area contributed by atoms with Crippen LogP contribution in [-0.2, 0) is 0 Å². The average Bonchev–Trinajstić information content (AvgIpc) is 2.68. The fourth-order valence-electron chi connectivity index (χ4n) is 6.34. The Labute approximate surface area is 162 Å². The Morgan fingerprint density at radius 3 is 1.96 bits per heavy atom. The molecule has 1 nitrogen and oxygen atoms in total. The predicted molar refractivity (Wildman–Crippen MR) is 105 cm³/mol. The first-order valence-corrected chi connectivity index (χ1v) is 11.1. The molecule has 4 rings (SSSR count). The van der Waals surface area contributed by atoms with Gasteiger partial charge in [-0.05, 0) is 105 Å². The van der Waals surface area contributed by atoms with E-state index >= 15 is 0 Å². The third kappa shape index (κ3) is 4.66. The van der Waals surface area contributed by atoms with Crippen molar-refractivity contribution in [2.75, 3.05) is 0 Å². The molecule has 27 heavy (non-hydrogen) atoms. The quantitative estimate of drug-likeness (QED) is 0.531. The van der Waals surface area contributed by atoms with Crippen molar-refractivity contribution in [3.05, 3.63) is 29.8 Å². The molecule has 3 heteroatoms. The molecule has 0 saturated heterocycles. The molecule has 0 radical (unpaired) electrons. The van der Waals surface area contributed by atoms with Crippen LogP contribution in [0.4, 0.5) is 8.78 Å². The topological polar surface area (TPSA) is 9.23 Å². The van der Waals surface area contributed by atoms with Gasteiger partial charge in [0.25, 0.3) is 0 Å². The number of ether oxygens (including phenoxy) is 1. The Morgan fingerprint density at radius 2 is 1.30 bits per heavy atom. The molecule has 0 amide bonds. The van der Waals surface area contributed by atoms with Crippen LogP contribution in [0.1, 0.15) is 82.6 Å². The molecule has 4 atom stereocenters. The van der Waals surface area contributed by atoms with Crippen molar-refractivity contribution < 1.29 is 13.5 Å². The lowest BCUT2D eigenvalue weighted by Gasteiger charge is -2.45. The van der Waals surface area contributed by atoms with Crippen LogP contribution >= 0.6 is 0 Å². The molecule has 3 aliphatic carbocycles. The van der Waals surface area contributed by atoms with E-state index in [1.807, 2.05) is 12.1 Å². The molecule has 150 valence electrons. The van der Waals surface area contributed by atoms with Crippen molar-refractivity contribution in [3.63, 3.8) is 0 Å². The van der Waals surface area contributed by atoms with Crippen molar-refractivity contribution in [3.8, 4) is 5.75 Å². The van der Waals surface area contributed by atoms with Gasteiger partial charge < -0.3 is 4.74 Å². The number of rotatable bonds is 4. The Morgan fingerprint density at radius 1 is 0.741 bits per heavy atom. The van der Waals surface area contributed by atoms with Gasteiger partial charge in [0.1, 0.15) is 5.75 Å². The highest BCUT2D eigenvalue weighted by Gasteiger charge is 2.38. The zero-order valence-corrected chi connectivity index (χ0v) is 16.6. The highest BCUT2D eigenvalue weighted by molar-refractivity contribution is 5.30. The molecule has 4 unspecified atom stereocenters. The first kappa shape index (κ1) is 19.2. The van der Waals surface area contributed by atoms with E-state index in [9.17, 15) is 8.78 Å². The van der Waals surface area contributed by atoms with Crippen LogP contribution < -0.4 is 4.74 Å². The summed E-state index contributed by atoms with van der Waals surface area (Å²) in [6.45, 7) is -0.325. The minimum absolute atomic E-state index is 0.268. The zero-order chi connectivity index (χ0) is 18.8. The van der Waals surface area contributed by atoms with Gasteiger partial charge in [-0.15, -0.1) is 0 Å². The van der Waals surface area contributed by atoms with Crippen LogP contribution in [0, 0.1) is 29.6 Å². The third-order valence-electron chi connectivity index (χ3n) is 7.96. The molecule has 0 bridgehead atoms. The summed E-state index contributed by atoms with van der Waals surface area (Å²) in [7, 11) is 0. The van der Waals surface area contributed by atoms with Gasteiger partial charge in [-0.25, -0.2) is 0 Å². The number of alkyl halides is 2. The molecule has 3 aliphatic rings. The molecule has 0 spiro atoms. The Bertz CT molecular complexity index is 591. The lowest BCUT2D eigenvalue weighted by Crippen LogP contribution is -2.34. The number of hydrogen-bond acceptors (Lipinski definition) is 1. The van der Waals surface area contributed by atoms with Gasteiger partial charge in [-0.1, -0.05) is 31.9 Å². The Kier molecular flexibility index (Phi) is 6.04. The second kappa shape index (κ2) is 8.49. The van der Waals surface area contributed by atoms with Crippen LogP contribution in [0.2, 0.25) is 0 Å². The smallest absolute Gasteiger partial charge is 0.387 e. The lowest BCUT2D eigenvalue weighted by molar-refractivity contribution is -0.0498. The predicted octanol–water partition coefficient (Wildman–Crippen LogP) is 7.41. The van der Waals surface area contributed by atoms with E-state index in [0.717, 1.165) is 29.6 Å². The molecule has 0 N–H and O–H groups in total. The number of hydrogen-bond donors (Lipinski definition) is 0. The van der Waals surface area contributed by atoms with E-state index < -0.39 is 6.61 Å². The van der Waals surface area contributed by atoms with Gasteiger partial charge in [0.15, 0.2) is 0 Å². The zero-order valence-electron chi connectivity index (χ0n) is 16.6. The molecule has 0 aliphatic heterocycles. The van der Waals surface area contributed by atoms with Crippen LogP contribution in [0.25, 0.3) is 0 Å². The Hall–Kier alpha value is -1.12. The molecule has 3 fully saturated rings. The molecule has 1 aromatic carbocycles. The van der Waals surface area contributed by atoms with Gasteiger partial charge in [0.2, 0.25) is 0 Å². The van der Waals surface area contributed by atoms with E-state index in [4.69, 9.17) is 0 Å². The van der Waals surface area contributed by atoms with Gasteiger partial charge in [0.05, 0.1) is 0 Å². The fourth-order valence-corrected chi connectivity index (χ4v) is 6.34. The van der Waals surface area contributed by atoms with Gasteiger partial charge in [0, 0.05) is 0 Å². The van der Waals surface area contributed by atoms with Crippen molar-refractivity contribution in [1.82, 2.24) is 0 Å². The summed E-state index contributed by atoms with van der Waals surface area (Å²) >= 11 is 0. The SMILES string of the molecule is CC1CCC(C2CCC3CC(c4ccc(OC(F)F)cc4)CCC3C2)CC1. The van der Waals surface area contributed by atoms with Crippen LogP contribution in [-0.4, -0.2) is 6.61 Å². The van der Waals surface area contributed by atoms with Crippen molar-refractivity contribution in [2.45, 2.75) is 83.7 Å². The minimum atomic E-state index is -2.74. The summed E-state index contributed by atoms with van der Waals surface area (Å²) in [6.07, 6.45) is 14.0. The van der Waals surface area contributed by atoms with Crippen LogP contribution in [0.15, 0.2) is 24.3 Å². The molecule has 0 aromatic heterocycles. The van der Waals surface area contributed by atoms with E-state index in [0.29, 0.717) is 5.92 Å². The highest BCUT2D eigenvalue weighted by Crippen LogP contribution is 2.50. The van der Waals surface area contributed by atoms with E-state index in [-0.39, 0.29) is 5.75 Å². The molecule has 0 heterocycles. The first-order chi connectivity index (χ1) is 13.1. The number of benzene rings is 1. The summed E-state index contributed by atoms with van der Waals surface area (Å²) in [5.74, 6) is 5.61. The van der Waals surface area contributed by atoms with E-state index in [1.165, 1.54) is 69.8 Å². The monoisotopic (exact) mass is 376 g/mol. The van der Waals surface area contributed by atoms with Gasteiger partial charge >= 0.3 is 6.61 Å². The average molecular weight is 377 g/mol. The summed E-state index contributed by atoms with van der Waals surface area (Å²) in [5, 5.41) is 0. The number of halogens is 2. The first-order valence-electron chi connectivity index (χ1n) is 11.1. The third-order valence-corrected chi connectivity index (χ3v) is 7.96. The maximum absolute atomic E-state index is 12.3. The van der Waals surface area contributed by atoms with Crippen molar-refractivity contribution in [1.29, 1.82) is 0 Å². The molecule has 1 aromatic rings. The van der Waals surface area contributed by atoms with Crippen LogP contribution in [0.5, 0.6) is 5.75 Å². The molecular weight excluding hydrogens is 342 g/mol. The summed E-state index contributed by atoms with van der Waals surface area (Å²) in [6, 6.07) is 7.40. The standard InChI is InChI=1S/C24H34F2O/c1-16-2-4-17(5-3-16)19-6-8-22-15-20(7-9-21(22)14-19)18-10-12-23(13-11-18)27-24(25)26/h10-13,16-17,19-22,24H,2-9,14-15H2,1H3. The fraction of sp³-hybridized carbons (Fsp3) is 0.750. The van der Waals surface area contributed by atoms with E-state index in [2.05, 4.69) is 11.7 Å². The van der Waals surface area contributed by atoms with Gasteiger partial charge in [-0.2, -0.15) is 8.78 Å². The molecule has 3 saturated carbocycles. The van der Waals surface area contributed by atoms with E-state index in [1.54, 1.807) is 12.1 Å². The second-order valence-corrected chi connectivity index (χ2v) is 9.57. The summed E-state index contributed by atoms with van der Waals surface area (Å²) < 4.78 is 29.1. The molecular formula is C24H34F2O. The minimum Gasteiger partial charge on any atom is -0.435 e. The summed E-state index contributed by atoms with van der Waals surface area (Å²) in [5.41, 5.74) is 1.30. The summed E-state index contributed by atoms with van der Waals surface area (Å²) in [4.78, 5) is 0. The maximum atomic E-state index is 12.3. The highest BCUT2D eigenvalue weighted by atomic mass is 19.3. The normalized spacial score (nSPS) is 37.0. The van der Waals surface area contributed by atoms with Gasteiger partial charge in [-0.3, -0.25) is 0 Å². The van der Waals surface area contributed by atoms with Crippen molar-refractivity contribution >= 4 is 0 Å². The van der Waals surface area contributed by atoms with Crippen LogP contribution in [0.3, 0.4) is 0 Å². The number of fused-ring (bicyclic) bond motifs is 1. The second-order valence-electron chi connectivity index (χ2n) is 9.57. The maximum Gasteiger partial charge on any atom is 0.387 e. The lowest BCUT2D eigenvalue weighted by atomic mass is 9.60. The van der Waals surface area contributed by atoms with Crippen molar-refractivity contribution in [2.24, 2.45) is 29.6 Å².